The molecule has 15 heavy (non-hydrogen) atoms. The number of ketones is 2. The molecule has 0 fully saturated rings. The lowest BCUT2D eigenvalue weighted by Gasteiger charge is -2.09. The predicted octanol–water partition coefficient (Wildman–Crippen LogP) is -0.203. The van der Waals surface area contributed by atoms with E-state index in [9.17, 15) is 19.2 Å². The number of carboxylic acid groups (broad SMARTS) is 1. The monoisotopic (exact) mass is 216 g/mol. The molecule has 1 N–H and O–H groups in total. The highest BCUT2D eigenvalue weighted by molar-refractivity contribution is 6.37. The van der Waals surface area contributed by atoms with E-state index in [1.165, 1.54) is 13.8 Å². The Morgan fingerprint density at radius 2 is 1.47 bits per heavy atom. The second-order valence-corrected chi connectivity index (χ2v) is 3.24. The summed E-state index contributed by atoms with van der Waals surface area (Å²) in [7, 11) is 0. The third-order valence-corrected chi connectivity index (χ3v) is 1.59. The van der Waals surface area contributed by atoms with Crippen molar-refractivity contribution in [2.45, 2.75) is 26.9 Å². The third-order valence-electron chi connectivity index (χ3n) is 1.59. The topological polar surface area (TPSA) is 97.7 Å². The van der Waals surface area contributed by atoms with Crippen molar-refractivity contribution in [1.29, 1.82) is 0 Å². The zero-order chi connectivity index (χ0) is 12.2. The summed E-state index contributed by atoms with van der Waals surface area (Å²) in [5.41, 5.74) is 0. The number of hydrogen-bond acceptors (Lipinski definition) is 5. The minimum atomic E-state index is -1.70. The standard InChI is InChI=1S/C9H12O6/c1-4(2)6(10)9(14)15-5(3)7(11)8(12)13/h4-5H,1-3H3,(H,12,13). The highest BCUT2D eigenvalue weighted by Crippen LogP contribution is 2.00. The SMILES string of the molecule is CC(C)C(=O)C(=O)OC(C)C(=O)C(=O)O. The first-order chi connectivity index (χ1) is 6.77. The zero-order valence-electron chi connectivity index (χ0n) is 8.64. The molecule has 0 spiro atoms. The predicted molar refractivity (Wildman–Crippen MR) is 48.0 cm³/mol. The van der Waals surface area contributed by atoms with Crippen LogP contribution in [0, 0.1) is 5.92 Å². The second-order valence-electron chi connectivity index (χ2n) is 3.24. The van der Waals surface area contributed by atoms with Gasteiger partial charge in [-0.15, -0.1) is 0 Å². The number of hydrogen-bond donors (Lipinski definition) is 1. The van der Waals surface area contributed by atoms with Gasteiger partial charge in [-0.25, -0.2) is 9.59 Å². The Labute approximate surface area is 86.2 Å². The summed E-state index contributed by atoms with van der Waals surface area (Å²) in [4.78, 5) is 43.0. The molecule has 0 heterocycles. The van der Waals surface area contributed by atoms with Crippen molar-refractivity contribution < 1.29 is 29.0 Å². The fourth-order valence-corrected chi connectivity index (χ4v) is 0.682. The fourth-order valence-electron chi connectivity index (χ4n) is 0.682. The van der Waals surface area contributed by atoms with Gasteiger partial charge in [0.25, 0.3) is 5.78 Å². The number of carbonyl (C=O) groups excluding carboxylic acids is 3. The highest BCUT2D eigenvalue weighted by atomic mass is 16.6. The molecule has 84 valence electrons. The fraction of sp³-hybridized carbons (Fsp3) is 0.556. The van der Waals surface area contributed by atoms with Gasteiger partial charge in [0, 0.05) is 5.92 Å². The van der Waals surface area contributed by atoms with Gasteiger partial charge < -0.3 is 9.84 Å². The van der Waals surface area contributed by atoms with Crippen LogP contribution in [-0.4, -0.2) is 34.7 Å². The van der Waals surface area contributed by atoms with Crippen molar-refractivity contribution in [3.05, 3.63) is 0 Å². The Balaban J connectivity index is 4.37. The molecule has 6 heteroatoms. The number of ether oxygens (including phenoxy) is 1. The molecule has 0 radical (unpaired) electrons. The van der Waals surface area contributed by atoms with Crippen LogP contribution in [0.15, 0.2) is 0 Å². The van der Waals surface area contributed by atoms with Crippen LogP contribution in [0.1, 0.15) is 20.8 Å². The summed E-state index contributed by atoms with van der Waals surface area (Å²) < 4.78 is 4.38. The summed E-state index contributed by atoms with van der Waals surface area (Å²) >= 11 is 0. The molecule has 0 aromatic heterocycles. The summed E-state index contributed by atoms with van der Waals surface area (Å²) in [6, 6.07) is 0. The zero-order valence-corrected chi connectivity index (χ0v) is 8.64. The van der Waals surface area contributed by atoms with E-state index in [0.29, 0.717) is 0 Å². The van der Waals surface area contributed by atoms with Crippen molar-refractivity contribution in [1.82, 2.24) is 0 Å². The molecule has 6 nitrogen and oxygen atoms in total. The van der Waals surface area contributed by atoms with Gasteiger partial charge in [-0.05, 0) is 6.92 Å². The normalized spacial score (nSPS) is 12.0. The third kappa shape index (κ3) is 3.88. The van der Waals surface area contributed by atoms with Crippen LogP contribution in [0.2, 0.25) is 0 Å². The van der Waals surface area contributed by atoms with Gasteiger partial charge in [-0.1, -0.05) is 13.8 Å². The van der Waals surface area contributed by atoms with Gasteiger partial charge in [0.15, 0.2) is 6.10 Å². The van der Waals surface area contributed by atoms with Crippen LogP contribution in [0.3, 0.4) is 0 Å². The molecular weight excluding hydrogens is 204 g/mol. The van der Waals surface area contributed by atoms with Crippen LogP contribution in [0.4, 0.5) is 0 Å². The number of carbonyl (C=O) groups is 4. The summed E-state index contributed by atoms with van der Waals surface area (Å²) in [5, 5.41) is 8.29. The van der Waals surface area contributed by atoms with E-state index in [1.54, 1.807) is 0 Å². The minimum absolute atomic E-state index is 0.551. The average molecular weight is 216 g/mol. The first-order valence-corrected chi connectivity index (χ1v) is 4.29. The Bertz CT molecular complexity index is 304. The Hall–Kier alpha value is -1.72. The molecule has 0 aliphatic heterocycles. The Kier molecular flexibility index (Phi) is 4.63. The van der Waals surface area contributed by atoms with Crippen molar-refractivity contribution in [3.63, 3.8) is 0 Å². The molecule has 0 aliphatic rings. The van der Waals surface area contributed by atoms with Crippen molar-refractivity contribution in [2.75, 3.05) is 0 Å². The first kappa shape index (κ1) is 13.3. The van der Waals surface area contributed by atoms with E-state index in [0.717, 1.165) is 6.92 Å². The number of aliphatic carboxylic acids is 1. The molecule has 0 aromatic carbocycles. The molecule has 0 saturated carbocycles. The van der Waals surface area contributed by atoms with Crippen LogP contribution in [-0.2, 0) is 23.9 Å². The van der Waals surface area contributed by atoms with Crippen molar-refractivity contribution >= 4 is 23.5 Å². The minimum Gasteiger partial charge on any atom is -0.475 e. The molecule has 0 bridgehead atoms. The van der Waals surface area contributed by atoms with Crippen LogP contribution in [0.5, 0.6) is 0 Å². The summed E-state index contributed by atoms with van der Waals surface area (Å²) in [5.74, 6) is -5.50. The van der Waals surface area contributed by atoms with Gasteiger partial charge in [-0.2, -0.15) is 0 Å². The second kappa shape index (κ2) is 5.23. The lowest BCUT2D eigenvalue weighted by atomic mass is 10.1. The number of carboxylic acids is 1. The van der Waals surface area contributed by atoms with Gasteiger partial charge in [-0.3, -0.25) is 9.59 Å². The largest absolute Gasteiger partial charge is 0.475 e. The van der Waals surface area contributed by atoms with E-state index in [2.05, 4.69) is 4.74 Å². The average Bonchev–Trinajstić information content (AvgIpc) is 2.14. The van der Waals surface area contributed by atoms with Crippen LogP contribution < -0.4 is 0 Å². The van der Waals surface area contributed by atoms with Crippen molar-refractivity contribution in [2.24, 2.45) is 5.92 Å². The lowest BCUT2D eigenvalue weighted by Crippen LogP contribution is -2.33. The van der Waals surface area contributed by atoms with Crippen LogP contribution in [0.25, 0.3) is 0 Å². The maximum absolute atomic E-state index is 11.0. The van der Waals surface area contributed by atoms with E-state index >= 15 is 0 Å². The number of rotatable bonds is 5. The van der Waals surface area contributed by atoms with E-state index in [1.807, 2.05) is 0 Å². The van der Waals surface area contributed by atoms with Gasteiger partial charge >= 0.3 is 11.9 Å². The highest BCUT2D eigenvalue weighted by Gasteiger charge is 2.27. The number of Topliss-reactive ketones (excluding diaryl/α,β-unsaturated/α-hetero) is 2. The first-order valence-electron chi connectivity index (χ1n) is 4.29. The van der Waals surface area contributed by atoms with Crippen molar-refractivity contribution in [3.8, 4) is 0 Å². The molecule has 0 amide bonds. The van der Waals surface area contributed by atoms with E-state index < -0.39 is 35.5 Å². The molecule has 1 unspecified atom stereocenters. The maximum atomic E-state index is 11.0. The molecule has 0 rings (SSSR count). The molecular formula is C9H12O6. The Morgan fingerprint density at radius 1 is 1.00 bits per heavy atom. The molecule has 0 aliphatic carbocycles. The summed E-state index contributed by atoms with van der Waals surface area (Å²) in [6.45, 7) is 4.09. The Morgan fingerprint density at radius 3 is 1.80 bits per heavy atom. The summed E-state index contributed by atoms with van der Waals surface area (Å²) in [6.07, 6.45) is -1.45. The quantitative estimate of drug-likeness (QED) is 0.504. The maximum Gasteiger partial charge on any atom is 0.376 e. The molecule has 0 saturated heterocycles. The van der Waals surface area contributed by atoms with Crippen LogP contribution >= 0.6 is 0 Å². The molecule has 1 atom stereocenters. The molecule has 0 aromatic rings. The van der Waals surface area contributed by atoms with E-state index in [4.69, 9.17) is 5.11 Å². The van der Waals surface area contributed by atoms with Gasteiger partial charge in [0.05, 0.1) is 0 Å². The van der Waals surface area contributed by atoms with Gasteiger partial charge in [0.1, 0.15) is 0 Å². The van der Waals surface area contributed by atoms with E-state index in [-0.39, 0.29) is 0 Å². The number of esters is 1. The van der Waals surface area contributed by atoms with Gasteiger partial charge in [0.2, 0.25) is 5.78 Å². The smallest absolute Gasteiger partial charge is 0.376 e. The lowest BCUT2D eigenvalue weighted by molar-refractivity contribution is -0.165.